The van der Waals surface area contributed by atoms with Gasteiger partial charge in [0.05, 0.1) is 11.4 Å². The lowest BCUT2D eigenvalue weighted by molar-refractivity contribution is 0.103. The van der Waals surface area contributed by atoms with Crippen LogP contribution in [0.2, 0.25) is 0 Å². The number of aromatic nitrogens is 1. The molecule has 0 spiro atoms. The van der Waals surface area contributed by atoms with Gasteiger partial charge in [0.15, 0.2) is 0 Å². The highest BCUT2D eigenvalue weighted by Gasteiger charge is 2.24. The molecule has 0 saturated carbocycles. The largest absolute Gasteiger partial charge is 0.397 e. The van der Waals surface area contributed by atoms with E-state index in [2.05, 4.69) is 73.6 Å². The SMILES string of the molecule is Nc1c(C(=O)Nc2ccc(Br)cc2Br)sc2nc3c(cc12)CC(c1ccccc1)CC3. The number of anilines is 2. The molecule has 2 aromatic heterocycles. The van der Waals surface area contributed by atoms with E-state index in [0.717, 1.165) is 44.1 Å². The lowest BCUT2D eigenvalue weighted by Crippen LogP contribution is -2.14. The lowest BCUT2D eigenvalue weighted by atomic mass is 9.82. The molecule has 0 bridgehead atoms. The molecule has 1 unspecified atom stereocenters. The zero-order valence-corrected chi connectivity index (χ0v) is 20.5. The smallest absolute Gasteiger partial charge is 0.267 e. The zero-order chi connectivity index (χ0) is 21.5. The number of hydrogen-bond donors (Lipinski definition) is 2. The summed E-state index contributed by atoms with van der Waals surface area (Å²) in [6, 6.07) is 18.4. The number of nitrogens with one attached hydrogen (secondary N) is 1. The summed E-state index contributed by atoms with van der Waals surface area (Å²) in [5.74, 6) is 0.272. The molecule has 5 rings (SSSR count). The van der Waals surface area contributed by atoms with Gasteiger partial charge < -0.3 is 11.1 Å². The van der Waals surface area contributed by atoms with Crippen LogP contribution >= 0.6 is 43.2 Å². The van der Waals surface area contributed by atoms with Gasteiger partial charge in [-0.15, -0.1) is 11.3 Å². The number of pyridine rings is 1. The molecule has 0 fully saturated rings. The van der Waals surface area contributed by atoms with Gasteiger partial charge >= 0.3 is 0 Å². The van der Waals surface area contributed by atoms with Crippen LogP contribution in [0.5, 0.6) is 0 Å². The first-order chi connectivity index (χ1) is 15.0. The Bertz CT molecular complexity index is 1300. The first-order valence-electron chi connectivity index (χ1n) is 10.0. The maximum Gasteiger partial charge on any atom is 0.267 e. The molecule has 0 radical (unpaired) electrons. The van der Waals surface area contributed by atoms with Gasteiger partial charge in [0, 0.05) is 20.0 Å². The Morgan fingerprint density at radius 1 is 1.13 bits per heavy atom. The van der Waals surface area contributed by atoms with Crippen LogP contribution in [0, 0.1) is 0 Å². The van der Waals surface area contributed by atoms with E-state index < -0.39 is 0 Å². The number of nitrogen functional groups attached to an aromatic ring is 1. The van der Waals surface area contributed by atoms with Crippen molar-refractivity contribution in [1.29, 1.82) is 0 Å². The Morgan fingerprint density at radius 3 is 2.71 bits per heavy atom. The molecule has 0 aliphatic heterocycles. The van der Waals surface area contributed by atoms with E-state index in [9.17, 15) is 4.79 Å². The van der Waals surface area contributed by atoms with E-state index in [1.807, 2.05) is 18.2 Å². The number of fused-ring (bicyclic) bond motifs is 2. The molecule has 0 saturated heterocycles. The van der Waals surface area contributed by atoms with E-state index in [0.29, 0.717) is 22.2 Å². The van der Waals surface area contributed by atoms with Crippen LogP contribution < -0.4 is 11.1 Å². The first kappa shape index (κ1) is 20.7. The summed E-state index contributed by atoms with van der Waals surface area (Å²) in [5.41, 5.74) is 11.4. The molecule has 4 aromatic rings. The number of thiophene rings is 1. The fraction of sp³-hybridized carbons (Fsp3) is 0.167. The second-order valence-electron chi connectivity index (χ2n) is 7.72. The molecular weight excluding hydrogens is 538 g/mol. The van der Waals surface area contributed by atoms with Gasteiger partial charge in [-0.2, -0.15) is 0 Å². The van der Waals surface area contributed by atoms with E-state index in [-0.39, 0.29) is 5.91 Å². The van der Waals surface area contributed by atoms with Crippen molar-refractivity contribution < 1.29 is 4.79 Å². The molecule has 3 N–H and O–H groups in total. The summed E-state index contributed by atoms with van der Waals surface area (Å²) in [5, 5.41) is 3.82. The van der Waals surface area contributed by atoms with Crippen molar-refractivity contribution in [2.45, 2.75) is 25.2 Å². The number of carbonyl (C=O) groups is 1. The second-order valence-corrected chi connectivity index (χ2v) is 10.5. The minimum Gasteiger partial charge on any atom is -0.397 e. The highest BCUT2D eigenvalue weighted by atomic mass is 79.9. The Hall–Kier alpha value is -2.22. The molecule has 156 valence electrons. The van der Waals surface area contributed by atoms with Gasteiger partial charge in [-0.3, -0.25) is 4.79 Å². The van der Waals surface area contributed by atoms with Crippen LogP contribution in [0.4, 0.5) is 11.4 Å². The van der Waals surface area contributed by atoms with Crippen molar-refractivity contribution in [2.24, 2.45) is 0 Å². The summed E-state index contributed by atoms with van der Waals surface area (Å²) < 4.78 is 1.73. The van der Waals surface area contributed by atoms with Crippen LogP contribution in [-0.4, -0.2) is 10.9 Å². The molecule has 1 aliphatic carbocycles. The number of aryl methyl sites for hydroxylation is 1. The molecule has 1 atom stereocenters. The van der Waals surface area contributed by atoms with Crippen LogP contribution in [0.1, 0.15) is 38.8 Å². The number of nitrogens with zero attached hydrogens (tertiary/aromatic N) is 1. The van der Waals surface area contributed by atoms with Crippen molar-refractivity contribution in [3.05, 3.63) is 85.2 Å². The number of halogens is 2. The predicted octanol–water partition coefficient (Wildman–Crippen LogP) is 6.93. The minimum absolute atomic E-state index is 0.219. The number of carbonyl (C=O) groups excluding carboxylic acids is 1. The average Bonchev–Trinajstić information content (AvgIpc) is 3.10. The number of rotatable bonds is 3. The van der Waals surface area contributed by atoms with Crippen molar-refractivity contribution in [3.63, 3.8) is 0 Å². The fourth-order valence-corrected chi connectivity index (χ4v) is 6.28. The molecule has 4 nitrogen and oxygen atoms in total. The molecule has 31 heavy (non-hydrogen) atoms. The standard InChI is InChI=1S/C24H19Br2N3OS/c25-16-7-9-20(18(26)12-16)28-23(30)22-21(27)17-11-15-10-14(13-4-2-1-3-5-13)6-8-19(15)29-24(17)31-22/h1-5,7,9,11-12,14H,6,8,10,27H2,(H,28,30). The third-order valence-electron chi connectivity index (χ3n) is 5.74. The third kappa shape index (κ3) is 4.02. The highest BCUT2D eigenvalue weighted by Crippen LogP contribution is 2.39. The monoisotopic (exact) mass is 555 g/mol. The zero-order valence-electron chi connectivity index (χ0n) is 16.5. The van der Waals surface area contributed by atoms with Gasteiger partial charge in [0.25, 0.3) is 5.91 Å². The van der Waals surface area contributed by atoms with E-state index in [1.54, 1.807) is 0 Å². The molecule has 7 heteroatoms. The van der Waals surface area contributed by atoms with Crippen LogP contribution in [0.25, 0.3) is 10.2 Å². The van der Waals surface area contributed by atoms with Crippen molar-refractivity contribution in [3.8, 4) is 0 Å². The maximum absolute atomic E-state index is 13.0. The highest BCUT2D eigenvalue weighted by molar-refractivity contribution is 9.11. The van der Waals surface area contributed by atoms with Gasteiger partial charge in [-0.1, -0.05) is 46.3 Å². The Balaban J connectivity index is 1.46. The number of hydrogen-bond acceptors (Lipinski definition) is 4. The van der Waals surface area contributed by atoms with Gasteiger partial charge in [-0.25, -0.2) is 4.98 Å². The normalized spacial score (nSPS) is 15.6. The number of amides is 1. The first-order valence-corrected chi connectivity index (χ1v) is 12.4. The fourth-order valence-electron chi connectivity index (χ4n) is 4.14. The second kappa shape index (κ2) is 8.37. The number of nitrogens with two attached hydrogens (primary N) is 1. The summed E-state index contributed by atoms with van der Waals surface area (Å²) in [6.07, 6.45) is 2.97. The van der Waals surface area contributed by atoms with Crippen molar-refractivity contribution in [1.82, 2.24) is 4.98 Å². The van der Waals surface area contributed by atoms with E-state index in [1.165, 1.54) is 22.5 Å². The molecule has 1 aliphatic rings. The number of benzene rings is 2. The third-order valence-corrected chi connectivity index (χ3v) is 8.01. The lowest BCUT2D eigenvalue weighted by Gasteiger charge is -2.24. The Labute approximate surface area is 201 Å². The van der Waals surface area contributed by atoms with Gasteiger partial charge in [0.2, 0.25) is 0 Å². The van der Waals surface area contributed by atoms with E-state index in [4.69, 9.17) is 10.7 Å². The Morgan fingerprint density at radius 2 is 1.94 bits per heavy atom. The topological polar surface area (TPSA) is 68.0 Å². The average molecular weight is 557 g/mol. The maximum atomic E-state index is 13.0. The van der Waals surface area contributed by atoms with Gasteiger partial charge in [-0.05, 0) is 76.5 Å². The minimum atomic E-state index is -0.219. The van der Waals surface area contributed by atoms with Crippen molar-refractivity contribution >= 4 is 70.7 Å². The van der Waals surface area contributed by atoms with Crippen LogP contribution in [-0.2, 0) is 12.8 Å². The molecule has 1 amide bonds. The summed E-state index contributed by atoms with van der Waals surface area (Å²) in [7, 11) is 0. The summed E-state index contributed by atoms with van der Waals surface area (Å²) in [4.78, 5) is 19.2. The Kier molecular flexibility index (Phi) is 5.58. The van der Waals surface area contributed by atoms with Crippen LogP contribution in [0.15, 0.2) is 63.5 Å². The van der Waals surface area contributed by atoms with Crippen molar-refractivity contribution in [2.75, 3.05) is 11.1 Å². The summed E-state index contributed by atoms with van der Waals surface area (Å²) in [6.45, 7) is 0. The summed E-state index contributed by atoms with van der Waals surface area (Å²) >= 11 is 8.27. The van der Waals surface area contributed by atoms with E-state index >= 15 is 0 Å². The van der Waals surface area contributed by atoms with Crippen LogP contribution in [0.3, 0.4) is 0 Å². The molecule has 2 heterocycles. The molecule has 2 aromatic carbocycles. The molecular formula is C24H19Br2N3OS. The van der Waals surface area contributed by atoms with Gasteiger partial charge in [0.1, 0.15) is 9.71 Å². The quantitative estimate of drug-likeness (QED) is 0.287. The predicted molar refractivity (Wildman–Crippen MR) is 135 cm³/mol.